The summed E-state index contributed by atoms with van der Waals surface area (Å²) in [5.74, 6) is -1.29. The standard InChI is InChI=1S/C21H20F2N4O2/c1-2-27-18-8-5-15(23)13-17(18)20(28)19(24-27)21(29)26-11-9-25(10-12-26)16-6-3-14(22)4-7-16/h3-8,13H,2,9-12H2,1H3. The number of rotatable bonds is 3. The molecule has 150 valence electrons. The van der Waals surface area contributed by atoms with Gasteiger partial charge in [-0.25, -0.2) is 8.78 Å². The Hall–Kier alpha value is -3.29. The average molecular weight is 398 g/mol. The normalized spacial score (nSPS) is 14.4. The van der Waals surface area contributed by atoms with E-state index in [1.165, 1.54) is 28.9 Å². The Morgan fingerprint density at radius 2 is 1.66 bits per heavy atom. The smallest absolute Gasteiger partial charge is 0.278 e. The molecule has 8 heteroatoms. The Kier molecular flexibility index (Phi) is 5.00. The molecular weight excluding hydrogens is 378 g/mol. The third-order valence-electron chi connectivity index (χ3n) is 5.18. The van der Waals surface area contributed by atoms with Crippen molar-refractivity contribution in [2.45, 2.75) is 13.5 Å². The number of aryl methyl sites for hydroxylation is 1. The number of hydrogen-bond donors (Lipinski definition) is 0. The van der Waals surface area contributed by atoms with Gasteiger partial charge in [-0.15, -0.1) is 0 Å². The van der Waals surface area contributed by atoms with Crippen molar-refractivity contribution in [3.05, 3.63) is 70.0 Å². The van der Waals surface area contributed by atoms with Crippen molar-refractivity contribution < 1.29 is 13.6 Å². The van der Waals surface area contributed by atoms with Gasteiger partial charge in [0.25, 0.3) is 5.91 Å². The van der Waals surface area contributed by atoms with Gasteiger partial charge in [-0.05, 0) is 49.4 Å². The van der Waals surface area contributed by atoms with Crippen LogP contribution in [0.3, 0.4) is 0 Å². The molecule has 1 aliphatic rings. The lowest BCUT2D eigenvalue weighted by Crippen LogP contribution is -2.50. The van der Waals surface area contributed by atoms with Gasteiger partial charge in [-0.2, -0.15) is 5.10 Å². The molecule has 1 amide bonds. The van der Waals surface area contributed by atoms with Crippen LogP contribution in [-0.4, -0.2) is 46.8 Å². The van der Waals surface area contributed by atoms with E-state index < -0.39 is 17.2 Å². The van der Waals surface area contributed by atoms with Crippen LogP contribution in [0.25, 0.3) is 10.9 Å². The van der Waals surface area contributed by atoms with Gasteiger partial charge in [0.15, 0.2) is 5.69 Å². The minimum Gasteiger partial charge on any atom is -0.368 e. The molecule has 29 heavy (non-hydrogen) atoms. The van der Waals surface area contributed by atoms with Gasteiger partial charge >= 0.3 is 0 Å². The molecule has 0 unspecified atom stereocenters. The number of piperazine rings is 1. The third-order valence-corrected chi connectivity index (χ3v) is 5.18. The van der Waals surface area contributed by atoms with Gasteiger partial charge < -0.3 is 9.80 Å². The summed E-state index contributed by atoms with van der Waals surface area (Å²) in [6.45, 7) is 4.22. The second-order valence-electron chi connectivity index (χ2n) is 6.91. The molecule has 2 aromatic carbocycles. The summed E-state index contributed by atoms with van der Waals surface area (Å²) in [6.07, 6.45) is 0. The summed E-state index contributed by atoms with van der Waals surface area (Å²) >= 11 is 0. The van der Waals surface area contributed by atoms with E-state index >= 15 is 0 Å². The number of hydrogen-bond acceptors (Lipinski definition) is 4. The maximum Gasteiger partial charge on any atom is 0.278 e. The summed E-state index contributed by atoms with van der Waals surface area (Å²) in [5, 5.41) is 4.39. The molecule has 0 bridgehead atoms. The summed E-state index contributed by atoms with van der Waals surface area (Å²) < 4.78 is 28.3. The Balaban J connectivity index is 1.59. The number of anilines is 1. The molecule has 4 rings (SSSR count). The number of aromatic nitrogens is 2. The van der Waals surface area contributed by atoms with Gasteiger partial charge in [0, 0.05) is 38.4 Å². The molecule has 6 nitrogen and oxygen atoms in total. The zero-order chi connectivity index (χ0) is 20.5. The number of benzene rings is 2. The van der Waals surface area contributed by atoms with E-state index in [0.29, 0.717) is 38.2 Å². The van der Waals surface area contributed by atoms with Gasteiger partial charge in [0.2, 0.25) is 5.43 Å². The first-order valence-electron chi connectivity index (χ1n) is 9.48. The zero-order valence-electron chi connectivity index (χ0n) is 15.9. The van der Waals surface area contributed by atoms with Gasteiger partial charge in [0.05, 0.1) is 10.9 Å². The zero-order valence-corrected chi connectivity index (χ0v) is 15.9. The number of halogens is 2. The number of fused-ring (bicyclic) bond motifs is 1. The van der Waals surface area contributed by atoms with Crippen LogP contribution in [0.15, 0.2) is 47.3 Å². The van der Waals surface area contributed by atoms with Crippen LogP contribution in [0.1, 0.15) is 17.4 Å². The fourth-order valence-electron chi connectivity index (χ4n) is 3.61. The maximum atomic E-state index is 13.7. The molecule has 3 aromatic rings. The van der Waals surface area contributed by atoms with E-state index in [4.69, 9.17) is 0 Å². The fraction of sp³-hybridized carbons (Fsp3) is 0.286. The van der Waals surface area contributed by atoms with E-state index in [1.54, 1.807) is 17.0 Å². The molecule has 0 radical (unpaired) electrons. The fourth-order valence-corrected chi connectivity index (χ4v) is 3.61. The Labute approximate surface area is 166 Å². The van der Waals surface area contributed by atoms with Crippen molar-refractivity contribution in [3.63, 3.8) is 0 Å². The predicted octanol–water partition coefficient (Wildman–Crippen LogP) is 2.66. The summed E-state index contributed by atoms with van der Waals surface area (Å²) in [6, 6.07) is 10.1. The van der Waals surface area contributed by atoms with Gasteiger partial charge in [0.1, 0.15) is 11.6 Å². The quantitative estimate of drug-likeness (QED) is 0.681. The molecule has 0 saturated carbocycles. The van der Waals surface area contributed by atoms with Crippen molar-refractivity contribution in [2.75, 3.05) is 31.1 Å². The van der Waals surface area contributed by atoms with Crippen LogP contribution in [-0.2, 0) is 6.54 Å². The number of carbonyl (C=O) groups is 1. The second-order valence-corrected chi connectivity index (χ2v) is 6.91. The van der Waals surface area contributed by atoms with E-state index in [9.17, 15) is 18.4 Å². The topological polar surface area (TPSA) is 58.4 Å². The van der Waals surface area contributed by atoms with Crippen molar-refractivity contribution in [3.8, 4) is 0 Å². The highest BCUT2D eigenvalue weighted by Crippen LogP contribution is 2.18. The molecule has 1 aliphatic heterocycles. The van der Waals surface area contributed by atoms with Crippen molar-refractivity contribution in [2.24, 2.45) is 0 Å². The molecule has 1 fully saturated rings. The van der Waals surface area contributed by atoms with Crippen LogP contribution in [0.5, 0.6) is 0 Å². The molecule has 0 spiro atoms. The Morgan fingerprint density at radius 1 is 1.00 bits per heavy atom. The van der Waals surface area contributed by atoms with Crippen LogP contribution < -0.4 is 10.3 Å². The molecule has 1 aromatic heterocycles. The summed E-state index contributed by atoms with van der Waals surface area (Å²) in [4.78, 5) is 29.4. The lowest BCUT2D eigenvalue weighted by Gasteiger charge is -2.35. The minimum absolute atomic E-state index is 0.148. The summed E-state index contributed by atoms with van der Waals surface area (Å²) in [5.41, 5.74) is 0.623. The number of nitrogens with zero attached hydrogens (tertiary/aromatic N) is 4. The van der Waals surface area contributed by atoms with Crippen LogP contribution in [0.2, 0.25) is 0 Å². The molecule has 0 aliphatic carbocycles. The SMILES string of the molecule is CCn1nc(C(=O)N2CCN(c3ccc(F)cc3)CC2)c(=O)c2cc(F)ccc21. The Morgan fingerprint density at radius 3 is 2.31 bits per heavy atom. The Bertz CT molecular complexity index is 1120. The lowest BCUT2D eigenvalue weighted by molar-refractivity contribution is 0.0737. The van der Waals surface area contributed by atoms with Crippen molar-refractivity contribution in [1.29, 1.82) is 0 Å². The molecule has 0 N–H and O–H groups in total. The van der Waals surface area contributed by atoms with Crippen LogP contribution >= 0.6 is 0 Å². The minimum atomic E-state index is -0.560. The van der Waals surface area contributed by atoms with E-state index in [0.717, 1.165) is 11.8 Å². The number of carbonyl (C=O) groups excluding carboxylic acids is 1. The highest BCUT2D eigenvalue weighted by atomic mass is 19.1. The van der Waals surface area contributed by atoms with E-state index in [-0.39, 0.29) is 16.9 Å². The van der Waals surface area contributed by atoms with Crippen molar-refractivity contribution >= 4 is 22.5 Å². The van der Waals surface area contributed by atoms with E-state index in [2.05, 4.69) is 10.00 Å². The van der Waals surface area contributed by atoms with Crippen LogP contribution in [0.4, 0.5) is 14.5 Å². The first-order valence-corrected chi connectivity index (χ1v) is 9.48. The van der Waals surface area contributed by atoms with Crippen molar-refractivity contribution in [1.82, 2.24) is 14.7 Å². The lowest BCUT2D eigenvalue weighted by atomic mass is 10.1. The first kappa shape index (κ1) is 19.0. The largest absolute Gasteiger partial charge is 0.368 e. The highest BCUT2D eigenvalue weighted by molar-refractivity contribution is 5.95. The van der Waals surface area contributed by atoms with E-state index in [1.807, 2.05) is 6.92 Å². The predicted molar refractivity (Wildman–Crippen MR) is 106 cm³/mol. The molecule has 2 heterocycles. The highest BCUT2D eigenvalue weighted by Gasteiger charge is 2.26. The number of amides is 1. The van der Waals surface area contributed by atoms with Crippen LogP contribution in [0, 0.1) is 11.6 Å². The third kappa shape index (κ3) is 3.57. The van der Waals surface area contributed by atoms with Gasteiger partial charge in [-0.3, -0.25) is 14.3 Å². The first-order chi connectivity index (χ1) is 14.0. The maximum absolute atomic E-state index is 13.7. The molecular formula is C21H20F2N4O2. The monoisotopic (exact) mass is 398 g/mol. The second kappa shape index (κ2) is 7.62. The van der Waals surface area contributed by atoms with Gasteiger partial charge in [-0.1, -0.05) is 0 Å². The molecule has 0 atom stereocenters. The average Bonchev–Trinajstić information content (AvgIpc) is 2.74. The molecule has 1 saturated heterocycles. The summed E-state index contributed by atoms with van der Waals surface area (Å²) in [7, 11) is 0.